The van der Waals surface area contributed by atoms with Crippen LogP contribution in [0.5, 0.6) is 5.75 Å². The van der Waals surface area contributed by atoms with Crippen LogP contribution in [-0.2, 0) is 16.1 Å². The highest BCUT2D eigenvalue weighted by Gasteiger charge is 2.36. The molecule has 0 radical (unpaired) electrons. The number of amides is 3. The summed E-state index contributed by atoms with van der Waals surface area (Å²) in [5.74, 6) is -1.08. The number of phenols is 1. The third-order valence-electron chi connectivity index (χ3n) is 3.78. The number of halogens is 1. The zero-order valence-electron chi connectivity index (χ0n) is 14.0. The Hall–Kier alpha value is -2.77. The second-order valence-electron chi connectivity index (χ2n) is 5.73. The third kappa shape index (κ3) is 4.69. The van der Waals surface area contributed by atoms with Crippen molar-refractivity contribution in [3.05, 3.63) is 69.6 Å². The topological polar surface area (TPSA) is 86.7 Å². The van der Waals surface area contributed by atoms with Gasteiger partial charge in [-0.25, -0.2) is 0 Å². The van der Waals surface area contributed by atoms with Crippen LogP contribution in [0.4, 0.5) is 4.79 Å². The van der Waals surface area contributed by atoms with E-state index in [1.165, 1.54) is 24.3 Å². The Morgan fingerprint density at radius 1 is 1.19 bits per heavy atom. The van der Waals surface area contributed by atoms with E-state index in [0.29, 0.717) is 28.9 Å². The number of nitrogens with zero attached hydrogens (tertiary/aromatic N) is 1. The Labute approximate surface area is 164 Å². The summed E-state index contributed by atoms with van der Waals surface area (Å²) in [7, 11) is 0. The molecular weight excluding hydrogens is 388 g/mol. The van der Waals surface area contributed by atoms with Gasteiger partial charge in [0.25, 0.3) is 11.1 Å². The lowest BCUT2D eigenvalue weighted by atomic mass is 10.2. The molecule has 0 unspecified atom stereocenters. The molecule has 8 heteroatoms. The molecule has 0 spiro atoms. The van der Waals surface area contributed by atoms with Crippen molar-refractivity contribution in [2.75, 3.05) is 6.54 Å². The molecule has 1 aliphatic rings. The van der Waals surface area contributed by atoms with Crippen molar-refractivity contribution in [2.45, 2.75) is 6.54 Å². The predicted molar refractivity (Wildman–Crippen MR) is 104 cm³/mol. The summed E-state index contributed by atoms with van der Waals surface area (Å²) >= 11 is 6.60. The van der Waals surface area contributed by atoms with E-state index in [-0.39, 0.29) is 17.2 Å². The van der Waals surface area contributed by atoms with Crippen LogP contribution in [0, 0.1) is 0 Å². The molecule has 27 heavy (non-hydrogen) atoms. The minimum Gasteiger partial charge on any atom is -0.507 e. The molecule has 0 saturated carbocycles. The second-order valence-corrected chi connectivity index (χ2v) is 7.16. The quantitative estimate of drug-likeness (QED) is 0.748. The van der Waals surface area contributed by atoms with Crippen LogP contribution in [0.1, 0.15) is 11.1 Å². The highest BCUT2D eigenvalue weighted by atomic mass is 35.5. The van der Waals surface area contributed by atoms with E-state index >= 15 is 0 Å². The van der Waals surface area contributed by atoms with Gasteiger partial charge in [-0.3, -0.25) is 19.3 Å². The second kappa shape index (κ2) is 8.28. The zero-order chi connectivity index (χ0) is 19.4. The van der Waals surface area contributed by atoms with Gasteiger partial charge in [0.15, 0.2) is 0 Å². The standard InChI is InChI=1S/C19H15ClN2O4S/c20-14-6-7-15(23)13(8-14)9-16-18(25)22(19(26)27-16)11-17(24)21-10-12-4-2-1-3-5-12/h1-9,23H,10-11H2,(H,21,24)/b16-9-. The van der Waals surface area contributed by atoms with E-state index in [1.807, 2.05) is 30.3 Å². The number of aromatic hydroxyl groups is 1. The van der Waals surface area contributed by atoms with E-state index in [0.717, 1.165) is 10.5 Å². The van der Waals surface area contributed by atoms with Crippen LogP contribution in [-0.4, -0.2) is 33.6 Å². The molecule has 1 heterocycles. The van der Waals surface area contributed by atoms with Gasteiger partial charge >= 0.3 is 0 Å². The van der Waals surface area contributed by atoms with Crippen molar-refractivity contribution in [1.29, 1.82) is 0 Å². The van der Waals surface area contributed by atoms with Gasteiger partial charge in [0.05, 0.1) is 4.91 Å². The number of nitrogens with one attached hydrogen (secondary N) is 1. The molecule has 0 aromatic heterocycles. The van der Waals surface area contributed by atoms with Crippen molar-refractivity contribution < 1.29 is 19.5 Å². The Morgan fingerprint density at radius 2 is 1.93 bits per heavy atom. The minimum atomic E-state index is -0.584. The fourth-order valence-electron chi connectivity index (χ4n) is 2.41. The number of phenolic OH excluding ortho intramolecular Hbond substituents is 1. The van der Waals surface area contributed by atoms with Crippen molar-refractivity contribution in [3.63, 3.8) is 0 Å². The van der Waals surface area contributed by atoms with Crippen LogP contribution in [0.15, 0.2) is 53.4 Å². The third-order valence-corrected chi connectivity index (χ3v) is 4.93. The summed E-state index contributed by atoms with van der Waals surface area (Å²) in [6.45, 7) is -0.0571. The van der Waals surface area contributed by atoms with Gasteiger partial charge in [-0.2, -0.15) is 0 Å². The average Bonchev–Trinajstić information content (AvgIpc) is 2.91. The highest BCUT2D eigenvalue weighted by molar-refractivity contribution is 8.18. The maximum Gasteiger partial charge on any atom is 0.294 e. The first-order valence-electron chi connectivity index (χ1n) is 7.98. The maximum absolute atomic E-state index is 12.4. The lowest BCUT2D eigenvalue weighted by molar-refractivity contribution is -0.129. The van der Waals surface area contributed by atoms with Gasteiger partial charge in [0.2, 0.25) is 5.91 Å². The molecule has 1 fully saturated rings. The number of imide groups is 1. The van der Waals surface area contributed by atoms with Crippen LogP contribution in [0.2, 0.25) is 5.02 Å². The molecule has 0 atom stereocenters. The Balaban J connectivity index is 1.66. The van der Waals surface area contributed by atoms with Crippen LogP contribution in [0.25, 0.3) is 6.08 Å². The fraction of sp³-hybridized carbons (Fsp3) is 0.105. The first-order valence-corrected chi connectivity index (χ1v) is 9.18. The first-order chi connectivity index (χ1) is 12.9. The first kappa shape index (κ1) is 19.0. The van der Waals surface area contributed by atoms with Gasteiger partial charge in [0, 0.05) is 17.1 Å². The van der Waals surface area contributed by atoms with Gasteiger partial charge in [-0.15, -0.1) is 0 Å². The lowest BCUT2D eigenvalue weighted by Crippen LogP contribution is -2.39. The van der Waals surface area contributed by atoms with E-state index in [2.05, 4.69) is 5.32 Å². The molecule has 2 aromatic carbocycles. The Bertz CT molecular complexity index is 931. The van der Waals surface area contributed by atoms with E-state index in [9.17, 15) is 19.5 Å². The minimum absolute atomic E-state index is 0.0631. The summed E-state index contributed by atoms with van der Waals surface area (Å²) in [4.78, 5) is 37.6. The number of benzene rings is 2. The number of thioether (sulfide) groups is 1. The average molecular weight is 403 g/mol. The van der Waals surface area contributed by atoms with E-state index < -0.39 is 17.1 Å². The summed E-state index contributed by atoms with van der Waals surface area (Å²) in [6.07, 6.45) is 1.38. The molecule has 0 bridgehead atoms. The maximum atomic E-state index is 12.4. The molecule has 3 amide bonds. The van der Waals surface area contributed by atoms with Crippen LogP contribution >= 0.6 is 23.4 Å². The SMILES string of the molecule is O=C(CN1C(=O)S/C(=C\c2cc(Cl)ccc2O)C1=O)NCc1ccccc1. The van der Waals surface area contributed by atoms with E-state index in [4.69, 9.17) is 11.6 Å². The molecule has 3 rings (SSSR count). The summed E-state index contributed by atoms with van der Waals surface area (Å²) < 4.78 is 0. The fourth-order valence-corrected chi connectivity index (χ4v) is 3.42. The summed E-state index contributed by atoms with van der Waals surface area (Å²) in [5.41, 5.74) is 1.23. The smallest absolute Gasteiger partial charge is 0.294 e. The highest BCUT2D eigenvalue weighted by Crippen LogP contribution is 2.34. The predicted octanol–water partition coefficient (Wildman–Crippen LogP) is 3.40. The van der Waals surface area contributed by atoms with Gasteiger partial charge in [-0.05, 0) is 41.6 Å². The van der Waals surface area contributed by atoms with Crippen molar-refractivity contribution in [1.82, 2.24) is 10.2 Å². The molecule has 1 saturated heterocycles. The van der Waals surface area contributed by atoms with Gasteiger partial charge in [0.1, 0.15) is 12.3 Å². The molecule has 2 N–H and O–H groups in total. The number of carbonyl (C=O) groups excluding carboxylic acids is 3. The normalized spacial score (nSPS) is 15.4. The number of hydrogen-bond donors (Lipinski definition) is 2. The number of hydrogen-bond acceptors (Lipinski definition) is 5. The van der Waals surface area contributed by atoms with Crippen molar-refractivity contribution in [2.24, 2.45) is 0 Å². The summed E-state index contributed by atoms with van der Waals surface area (Å²) in [5, 5.41) is 12.4. The molecule has 138 valence electrons. The van der Waals surface area contributed by atoms with Gasteiger partial charge < -0.3 is 10.4 Å². The van der Waals surface area contributed by atoms with Crippen molar-refractivity contribution in [3.8, 4) is 5.75 Å². The number of rotatable bonds is 5. The monoisotopic (exact) mass is 402 g/mol. The lowest BCUT2D eigenvalue weighted by Gasteiger charge is -2.12. The molecule has 6 nitrogen and oxygen atoms in total. The molecular formula is C19H15ClN2O4S. The Kier molecular flexibility index (Phi) is 5.83. The van der Waals surface area contributed by atoms with Gasteiger partial charge in [-0.1, -0.05) is 41.9 Å². The molecule has 0 aliphatic carbocycles. The molecule has 2 aromatic rings. The largest absolute Gasteiger partial charge is 0.507 e. The van der Waals surface area contributed by atoms with E-state index in [1.54, 1.807) is 0 Å². The molecule has 1 aliphatic heterocycles. The number of carbonyl (C=O) groups is 3. The zero-order valence-corrected chi connectivity index (χ0v) is 15.6. The summed E-state index contributed by atoms with van der Waals surface area (Å²) in [6, 6.07) is 13.7. The Morgan fingerprint density at radius 3 is 2.67 bits per heavy atom. The van der Waals surface area contributed by atoms with Crippen LogP contribution in [0.3, 0.4) is 0 Å². The van der Waals surface area contributed by atoms with Crippen LogP contribution < -0.4 is 5.32 Å². The van der Waals surface area contributed by atoms with Crippen molar-refractivity contribution >= 4 is 46.5 Å².